The Balaban J connectivity index is 2.22. The van der Waals surface area contributed by atoms with Gasteiger partial charge in [0.15, 0.2) is 0 Å². The predicted molar refractivity (Wildman–Crippen MR) is 97.5 cm³/mol. The molecule has 1 aromatic carbocycles. The van der Waals surface area contributed by atoms with Gasteiger partial charge in [-0.1, -0.05) is 56.3 Å². The van der Waals surface area contributed by atoms with Crippen molar-refractivity contribution in [1.82, 2.24) is 9.80 Å². The molecule has 1 aliphatic heterocycles. The van der Waals surface area contributed by atoms with Crippen LogP contribution in [-0.4, -0.2) is 41.7 Å². The highest BCUT2D eigenvalue weighted by atomic mass is 16.2. The van der Waals surface area contributed by atoms with Gasteiger partial charge in [-0.15, -0.1) is 0 Å². The number of urea groups is 1. The summed E-state index contributed by atoms with van der Waals surface area (Å²) in [6.45, 7) is 3.97. The van der Waals surface area contributed by atoms with E-state index in [0.29, 0.717) is 19.3 Å². The lowest BCUT2D eigenvalue weighted by molar-refractivity contribution is -0.159. The molecule has 134 valence electrons. The molecule has 1 aromatic rings. The van der Waals surface area contributed by atoms with E-state index < -0.39 is 11.4 Å². The van der Waals surface area contributed by atoms with Crippen LogP contribution in [0.1, 0.15) is 38.7 Å². The number of imide groups is 2. The molecule has 1 saturated heterocycles. The fourth-order valence-corrected chi connectivity index (χ4v) is 3.43. The predicted octanol–water partition coefficient (Wildman–Crippen LogP) is 3.56. The second-order valence-electron chi connectivity index (χ2n) is 7.04. The van der Waals surface area contributed by atoms with Crippen LogP contribution in [0.2, 0.25) is 0 Å². The number of nitrogens with zero attached hydrogens (tertiary/aromatic N) is 2. The molecule has 0 unspecified atom stereocenters. The molecule has 5 nitrogen and oxygen atoms in total. The quantitative estimate of drug-likeness (QED) is 0.743. The van der Waals surface area contributed by atoms with Gasteiger partial charge in [0.2, 0.25) is 11.8 Å². The smallest absolute Gasteiger partial charge is 0.273 e. The van der Waals surface area contributed by atoms with E-state index in [9.17, 15) is 14.4 Å². The first-order chi connectivity index (χ1) is 11.8. The SMILES string of the molecule is CC(C)CC1(CC/C=C/c2ccccc2)C(=O)N(C)C(=O)N(C)C1=O. The lowest BCUT2D eigenvalue weighted by Gasteiger charge is -2.42. The lowest BCUT2D eigenvalue weighted by Crippen LogP contribution is -2.63. The Morgan fingerprint density at radius 3 is 2.08 bits per heavy atom. The molecule has 5 heteroatoms. The molecule has 0 aliphatic carbocycles. The van der Waals surface area contributed by atoms with Crippen LogP contribution >= 0.6 is 0 Å². The van der Waals surface area contributed by atoms with Crippen molar-refractivity contribution in [3.8, 4) is 0 Å². The Labute approximate surface area is 149 Å². The topological polar surface area (TPSA) is 57.7 Å². The van der Waals surface area contributed by atoms with E-state index in [2.05, 4.69) is 0 Å². The molecule has 0 radical (unpaired) electrons. The lowest BCUT2D eigenvalue weighted by atomic mass is 9.73. The van der Waals surface area contributed by atoms with Gasteiger partial charge in [-0.25, -0.2) is 4.79 Å². The molecule has 0 N–H and O–H groups in total. The standard InChI is InChI=1S/C20H26N2O3/c1-15(2)14-20(13-9-8-12-16-10-6-5-7-11-16)17(23)21(3)19(25)22(4)18(20)24/h5-8,10-12,15H,9,13-14H2,1-4H3/b12-8+. The monoisotopic (exact) mass is 342 g/mol. The van der Waals surface area contributed by atoms with Crippen molar-refractivity contribution in [2.75, 3.05) is 14.1 Å². The molecule has 0 atom stereocenters. The highest BCUT2D eigenvalue weighted by Crippen LogP contribution is 2.39. The molecule has 1 fully saturated rings. The normalized spacial score (nSPS) is 17.9. The molecule has 1 heterocycles. The van der Waals surface area contributed by atoms with Crippen molar-refractivity contribution < 1.29 is 14.4 Å². The first-order valence-electron chi connectivity index (χ1n) is 8.61. The number of hydrogen-bond donors (Lipinski definition) is 0. The van der Waals surface area contributed by atoms with Crippen molar-refractivity contribution in [2.24, 2.45) is 11.3 Å². The van der Waals surface area contributed by atoms with Crippen molar-refractivity contribution in [3.05, 3.63) is 42.0 Å². The third kappa shape index (κ3) is 3.81. The van der Waals surface area contributed by atoms with E-state index >= 15 is 0 Å². The minimum Gasteiger partial charge on any atom is -0.273 e. The van der Waals surface area contributed by atoms with E-state index in [1.807, 2.05) is 56.3 Å². The number of carbonyl (C=O) groups excluding carboxylic acids is 3. The summed E-state index contributed by atoms with van der Waals surface area (Å²) in [5.41, 5.74) is -0.0850. The zero-order valence-electron chi connectivity index (χ0n) is 15.4. The molecular weight excluding hydrogens is 316 g/mol. The van der Waals surface area contributed by atoms with Gasteiger partial charge in [-0.3, -0.25) is 19.4 Å². The molecule has 0 saturated carbocycles. The Morgan fingerprint density at radius 1 is 1.00 bits per heavy atom. The minimum atomic E-state index is -1.16. The number of barbiturate groups is 1. The van der Waals surface area contributed by atoms with Crippen LogP contribution < -0.4 is 0 Å². The van der Waals surface area contributed by atoms with Crippen LogP contribution in [0.25, 0.3) is 6.08 Å². The van der Waals surface area contributed by atoms with Crippen LogP contribution in [0.3, 0.4) is 0 Å². The summed E-state index contributed by atoms with van der Waals surface area (Å²) < 4.78 is 0. The first kappa shape index (κ1) is 18.9. The Hall–Kier alpha value is -2.43. The van der Waals surface area contributed by atoms with E-state index in [-0.39, 0.29) is 17.7 Å². The van der Waals surface area contributed by atoms with Crippen molar-refractivity contribution in [3.63, 3.8) is 0 Å². The van der Waals surface area contributed by atoms with E-state index in [1.54, 1.807) is 0 Å². The Kier molecular flexibility index (Phi) is 5.77. The maximum Gasteiger partial charge on any atom is 0.332 e. The summed E-state index contributed by atoms with van der Waals surface area (Å²) in [6.07, 6.45) is 5.39. The van der Waals surface area contributed by atoms with Crippen LogP contribution in [0, 0.1) is 11.3 Å². The summed E-state index contributed by atoms with van der Waals surface area (Å²) in [5.74, 6) is -0.606. The fourth-order valence-electron chi connectivity index (χ4n) is 3.43. The summed E-state index contributed by atoms with van der Waals surface area (Å²) in [5, 5.41) is 0. The zero-order valence-corrected chi connectivity index (χ0v) is 15.4. The van der Waals surface area contributed by atoms with Gasteiger partial charge in [0, 0.05) is 14.1 Å². The number of benzene rings is 1. The Bertz CT molecular complexity index is 655. The van der Waals surface area contributed by atoms with Crippen molar-refractivity contribution >= 4 is 23.9 Å². The second-order valence-corrected chi connectivity index (χ2v) is 7.04. The maximum absolute atomic E-state index is 12.8. The average Bonchev–Trinajstić information content (AvgIpc) is 2.60. The maximum atomic E-state index is 12.8. The molecule has 4 amide bonds. The summed E-state index contributed by atoms with van der Waals surface area (Å²) in [7, 11) is 2.89. The molecule has 1 aliphatic rings. The number of allylic oxidation sites excluding steroid dienone is 1. The average molecular weight is 342 g/mol. The van der Waals surface area contributed by atoms with Crippen LogP contribution in [0.15, 0.2) is 36.4 Å². The zero-order chi connectivity index (χ0) is 18.6. The van der Waals surface area contributed by atoms with Gasteiger partial charge in [0.25, 0.3) is 0 Å². The number of amides is 4. The van der Waals surface area contributed by atoms with Gasteiger partial charge in [0.1, 0.15) is 5.41 Å². The van der Waals surface area contributed by atoms with Gasteiger partial charge in [-0.05, 0) is 30.7 Å². The van der Waals surface area contributed by atoms with Gasteiger partial charge in [-0.2, -0.15) is 0 Å². The Morgan fingerprint density at radius 2 is 1.56 bits per heavy atom. The first-order valence-corrected chi connectivity index (χ1v) is 8.61. The molecule has 0 bridgehead atoms. The largest absolute Gasteiger partial charge is 0.332 e. The van der Waals surface area contributed by atoms with Crippen molar-refractivity contribution in [2.45, 2.75) is 33.1 Å². The number of rotatable bonds is 6. The molecule has 0 aromatic heterocycles. The molecule has 2 rings (SSSR count). The van der Waals surface area contributed by atoms with Crippen LogP contribution in [0.5, 0.6) is 0 Å². The van der Waals surface area contributed by atoms with Gasteiger partial charge >= 0.3 is 6.03 Å². The number of hydrogen-bond acceptors (Lipinski definition) is 3. The molecule has 0 spiro atoms. The van der Waals surface area contributed by atoms with Crippen molar-refractivity contribution in [1.29, 1.82) is 0 Å². The summed E-state index contributed by atoms with van der Waals surface area (Å²) >= 11 is 0. The third-order valence-corrected chi connectivity index (χ3v) is 4.61. The third-order valence-electron chi connectivity index (χ3n) is 4.61. The van der Waals surface area contributed by atoms with Gasteiger partial charge in [0.05, 0.1) is 0 Å². The molecular formula is C20H26N2O3. The second kappa shape index (κ2) is 7.64. The van der Waals surface area contributed by atoms with E-state index in [0.717, 1.165) is 15.4 Å². The summed E-state index contributed by atoms with van der Waals surface area (Å²) in [6, 6.07) is 9.31. The van der Waals surface area contributed by atoms with E-state index in [1.165, 1.54) is 14.1 Å². The van der Waals surface area contributed by atoms with E-state index in [4.69, 9.17) is 0 Å². The highest BCUT2D eigenvalue weighted by Gasteiger charge is 2.54. The number of carbonyl (C=O) groups is 3. The highest BCUT2D eigenvalue weighted by molar-refractivity contribution is 6.18. The molecule has 25 heavy (non-hydrogen) atoms. The van der Waals surface area contributed by atoms with Crippen LogP contribution in [0.4, 0.5) is 4.79 Å². The van der Waals surface area contributed by atoms with Gasteiger partial charge < -0.3 is 0 Å². The summed E-state index contributed by atoms with van der Waals surface area (Å²) in [4.78, 5) is 39.9. The minimum absolute atomic E-state index is 0.168. The van der Waals surface area contributed by atoms with Crippen LogP contribution in [-0.2, 0) is 9.59 Å². The fraction of sp³-hybridized carbons (Fsp3) is 0.450.